The van der Waals surface area contributed by atoms with E-state index in [4.69, 9.17) is 5.21 Å². The van der Waals surface area contributed by atoms with Crippen molar-refractivity contribution in [2.75, 3.05) is 50.7 Å². The van der Waals surface area contributed by atoms with Crippen LogP contribution in [0.3, 0.4) is 0 Å². The molecule has 8 nitrogen and oxygen atoms in total. The summed E-state index contributed by atoms with van der Waals surface area (Å²) in [4.78, 5) is 30.4. The minimum absolute atomic E-state index is 0.122. The fourth-order valence-electron chi connectivity index (χ4n) is 4.20. The van der Waals surface area contributed by atoms with E-state index in [1.807, 2.05) is 17.0 Å². The molecule has 2 aliphatic heterocycles. The van der Waals surface area contributed by atoms with Crippen molar-refractivity contribution in [3.8, 4) is 0 Å². The van der Waals surface area contributed by atoms with Crippen molar-refractivity contribution in [2.24, 2.45) is 5.16 Å². The molecule has 2 aliphatic rings. The molecule has 1 saturated heterocycles. The van der Waals surface area contributed by atoms with Crippen molar-refractivity contribution in [1.29, 1.82) is 0 Å². The van der Waals surface area contributed by atoms with Crippen LogP contribution in [-0.2, 0) is 6.42 Å². The highest BCUT2D eigenvalue weighted by molar-refractivity contribution is 7.14. The van der Waals surface area contributed by atoms with E-state index in [2.05, 4.69) is 24.9 Å². The van der Waals surface area contributed by atoms with E-state index in [9.17, 15) is 4.79 Å². The largest absolute Gasteiger partial charge is 0.411 e. The molecule has 0 atom stereocenters. The third-order valence-corrected chi connectivity index (χ3v) is 7.33. The molecule has 4 heterocycles. The lowest BCUT2D eigenvalue weighted by Crippen LogP contribution is -2.47. The van der Waals surface area contributed by atoms with Gasteiger partial charge in [-0.2, -0.15) is 0 Å². The summed E-state index contributed by atoms with van der Waals surface area (Å²) in [6.07, 6.45) is 7.58. The Morgan fingerprint density at radius 3 is 2.61 bits per heavy atom. The number of anilines is 1. The van der Waals surface area contributed by atoms with Crippen molar-refractivity contribution in [3.05, 3.63) is 39.8 Å². The minimum atomic E-state index is 0.122. The van der Waals surface area contributed by atoms with E-state index in [1.165, 1.54) is 0 Å². The normalized spacial score (nSPS) is 18.2. The van der Waals surface area contributed by atoms with E-state index < -0.39 is 0 Å². The summed E-state index contributed by atoms with van der Waals surface area (Å²) in [6, 6.07) is 3.74. The SMILES string of the molecule is CC(=NO)c1cc2c(s1)CCCN(CCCCN1CCN(c3ncccn3)CC1)C2=O. The van der Waals surface area contributed by atoms with Gasteiger partial charge < -0.3 is 15.0 Å². The van der Waals surface area contributed by atoms with E-state index in [0.29, 0.717) is 5.71 Å². The van der Waals surface area contributed by atoms with E-state index in [1.54, 1.807) is 30.7 Å². The van der Waals surface area contributed by atoms with E-state index in [0.717, 1.165) is 92.8 Å². The van der Waals surface area contributed by atoms with Gasteiger partial charge in [0, 0.05) is 56.5 Å². The molecule has 1 N–H and O–H groups in total. The third kappa shape index (κ3) is 5.22. The predicted molar refractivity (Wildman–Crippen MR) is 122 cm³/mol. The first-order chi connectivity index (χ1) is 15.2. The highest BCUT2D eigenvalue weighted by Crippen LogP contribution is 2.28. The number of nitrogens with zero attached hydrogens (tertiary/aromatic N) is 6. The average Bonchev–Trinajstić information content (AvgIpc) is 3.19. The molecule has 1 fully saturated rings. The number of piperazine rings is 1. The first-order valence-electron chi connectivity index (χ1n) is 11.0. The molecule has 31 heavy (non-hydrogen) atoms. The molecule has 9 heteroatoms. The Kier molecular flexibility index (Phi) is 7.14. The number of carbonyl (C=O) groups is 1. The fourth-order valence-corrected chi connectivity index (χ4v) is 5.34. The number of oxime groups is 1. The number of thiophene rings is 1. The topological polar surface area (TPSA) is 85.2 Å². The molecule has 1 amide bonds. The summed E-state index contributed by atoms with van der Waals surface area (Å²) >= 11 is 1.57. The van der Waals surface area contributed by atoms with Gasteiger partial charge in [0.15, 0.2) is 0 Å². The number of rotatable bonds is 7. The zero-order valence-corrected chi connectivity index (χ0v) is 18.9. The smallest absolute Gasteiger partial charge is 0.255 e. The molecule has 0 radical (unpaired) electrons. The first-order valence-corrected chi connectivity index (χ1v) is 11.8. The molecule has 2 aromatic rings. The van der Waals surface area contributed by atoms with Gasteiger partial charge in [0.1, 0.15) is 0 Å². The van der Waals surface area contributed by atoms with Crippen LogP contribution in [0.4, 0.5) is 5.95 Å². The highest BCUT2D eigenvalue weighted by Gasteiger charge is 2.25. The molecule has 0 aromatic carbocycles. The molecular weight excluding hydrogens is 412 g/mol. The summed E-state index contributed by atoms with van der Waals surface area (Å²) in [6.45, 7) is 8.39. The number of amides is 1. The van der Waals surface area contributed by atoms with Crippen molar-refractivity contribution in [1.82, 2.24) is 19.8 Å². The summed E-state index contributed by atoms with van der Waals surface area (Å²) in [5.41, 5.74) is 1.36. The van der Waals surface area contributed by atoms with Gasteiger partial charge in [-0.15, -0.1) is 11.3 Å². The van der Waals surface area contributed by atoms with Crippen LogP contribution in [0.1, 0.15) is 46.3 Å². The van der Waals surface area contributed by atoms with Gasteiger partial charge in [-0.3, -0.25) is 9.69 Å². The number of aromatic nitrogens is 2. The van der Waals surface area contributed by atoms with Gasteiger partial charge in [0.25, 0.3) is 5.91 Å². The zero-order valence-electron chi connectivity index (χ0n) is 18.0. The number of fused-ring (bicyclic) bond motifs is 1. The number of aryl methyl sites for hydroxylation is 1. The lowest BCUT2D eigenvalue weighted by Gasteiger charge is -2.34. The van der Waals surface area contributed by atoms with Crippen LogP contribution in [0.2, 0.25) is 0 Å². The summed E-state index contributed by atoms with van der Waals surface area (Å²) in [5.74, 6) is 0.940. The Morgan fingerprint density at radius 2 is 1.87 bits per heavy atom. The van der Waals surface area contributed by atoms with Gasteiger partial charge in [-0.25, -0.2) is 9.97 Å². The zero-order chi connectivity index (χ0) is 21.6. The Bertz CT molecular complexity index is 908. The van der Waals surface area contributed by atoms with Crippen LogP contribution < -0.4 is 4.90 Å². The van der Waals surface area contributed by atoms with Gasteiger partial charge in [-0.05, 0) is 51.3 Å². The molecule has 166 valence electrons. The van der Waals surface area contributed by atoms with Crippen molar-refractivity contribution >= 4 is 28.9 Å². The standard InChI is InChI=1S/C22H30N6O2S/c1-17(25-30)20-16-18-19(31-20)6-4-11-27(21(18)29)10-3-2-9-26-12-14-28(15-13-26)22-23-7-5-8-24-22/h5,7-8,16,30H,2-4,6,9-15H2,1H3. The maximum Gasteiger partial charge on any atom is 0.255 e. The molecule has 0 aliphatic carbocycles. The second kappa shape index (κ2) is 10.2. The van der Waals surface area contributed by atoms with Crippen LogP contribution in [0.15, 0.2) is 29.7 Å². The quantitative estimate of drug-likeness (QED) is 0.307. The average molecular weight is 443 g/mol. The number of carbonyl (C=O) groups excluding carboxylic acids is 1. The molecule has 0 unspecified atom stereocenters. The monoisotopic (exact) mass is 442 g/mol. The Hall–Kier alpha value is -2.52. The van der Waals surface area contributed by atoms with Crippen LogP contribution in [0.25, 0.3) is 0 Å². The molecule has 0 spiro atoms. The van der Waals surface area contributed by atoms with Gasteiger partial charge in [0.2, 0.25) is 5.95 Å². The lowest BCUT2D eigenvalue weighted by molar-refractivity contribution is 0.0756. The number of hydrogen-bond acceptors (Lipinski definition) is 8. The van der Waals surface area contributed by atoms with Crippen molar-refractivity contribution < 1.29 is 10.0 Å². The predicted octanol–water partition coefficient (Wildman–Crippen LogP) is 2.73. The van der Waals surface area contributed by atoms with Crippen molar-refractivity contribution in [3.63, 3.8) is 0 Å². The maximum atomic E-state index is 13.0. The summed E-state index contributed by atoms with van der Waals surface area (Å²) in [5, 5.41) is 12.3. The van der Waals surface area contributed by atoms with Crippen LogP contribution in [0, 0.1) is 0 Å². The molecular formula is C22H30N6O2S. The number of hydrogen-bond donors (Lipinski definition) is 1. The summed E-state index contributed by atoms with van der Waals surface area (Å²) < 4.78 is 0. The molecule has 2 aromatic heterocycles. The van der Waals surface area contributed by atoms with Gasteiger partial charge >= 0.3 is 0 Å². The Labute approximate surface area is 187 Å². The fraction of sp³-hybridized carbons (Fsp3) is 0.545. The maximum absolute atomic E-state index is 13.0. The first kappa shape index (κ1) is 21.7. The second-order valence-corrected chi connectivity index (χ2v) is 9.25. The number of unbranched alkanes of at least 4 members (excludes halogenated alkanes) is 1. The van der Waals surface area contributed by atoms with Gasteiger partial charge in [0.05, 0.1) is 16.2 Å². The highest BCUT2D eigenvalue weighted by atomic mass is 32.1. The summed E-state index contributed by atoms with van der Waals surface area (Å²) in [7, 11) is 0. The Balaban J connectivity index is 1.22. The molecule has 0 saturated carbocycles. The van der Waals surface area contributed by atoms with Crippen molar-refractivity contribution in [2.45, 2.75) is 32.6 Å². The Morgan fingerprint density at radius 1 is 1.13 bits per heavy atom. The van der Waals surface area contributed by atoms with E-state index in [-0.39, 0.29) is 5.91 Å². The molecule has 0 bridgehead atoms. The van der Waals surface area contributed by atoms with Crippen LogP contribution in [0.5, 0.6) is 0 Å². The van der Waals surface area contributed by atoms with Crippen LogP contribution in [-0.4, -0.2) is 82.4 Å². The lowest BCUT2D eigenvalue weighted by atomic mass is 10.1. The molecule has 4 rings (SSSR count). The van der Waals surface area contributed by atoms with Crippen LogP contribution >= 0.6 is 11.3 Å². The minimum Gasteiger partial charge on any atom is -0.411 e. The second-order valence-electron chi connectivity index (χ2n) is 8.11. The van der Waals surface area contributed by atoms with E-state index >= 15 is 0 Å². The van der Waals surface area contributed by atoms with Gasteiger partial charge in [-0.1, -0.05) is 5.16 Å². The third-order valence-electron chi connectivity index (χ3n) is 6.02.